The van der Waals surface area contributed by atoms with E-state index in [4.69, 9.17) is 9.47 Å². The fourth-order valence-electron chi connectivity index (χ4n) is 3.79. The number of rotatable bonds is 10. The van der Waals surface area contributed by atoms with E-state index in [0.29, 0.717) is 30.4 Å². The lowest BCUT2D eigenvalue weighted by Gasteiger charge is -2.29. The molecule has 0 saturated heterocycles. The van der Waals surface area contributed by atoms with Gasteiger partial charge < -0.3 is 19.7 Å². The molecule has 2 aromatic carbocycles. The average Bonchev–Trinajstić information content (AvgIpc) is 2.84. The Morgan fingerprint density at radius 3 is 2.46 bits per heavy atom. The van der Waals surface area contributed by atoms with Crippen LogP contribution in [0.2, 0.25) is 0 Å². The minimum Gasteiger partial charge on any atom is -0.486 e. The molecule has 11 heteroatoms. The number of amides is 2. The lowest BCUT2D eigenvalue weighted by molar-refractivity contribution is -0.140. The second-order valence-electron chi connectivity index (χ2n) is 8.17. The van der Waals surface area contributed by atoms with Gasteiger partial charge in [0.2, 0.25) is 21.8 Å². The molecule has 0 radical (unpaired) electrons. The number of anilines is 1. The van der Waals surface area contributed by atoms with Crippen LogP contribution in [0.3, 0.4) is 0 Å². The third kappa shape index (κ3) is 6.62. The van der Waals surface area contributed by atoms with Crippen LogP contribution in [0.4, 0.5) is 10.1 Å². The molecule has 1 aliphatic rings. The summed E-state index contributed by atoms with van der Waals surface area (Å²) in [6.07, 6.45) is 1.24. The van der Waals surface area contributed by atoms with E-state index in [1.807, 2.05) is 0 Å². The van der Waals surface area contributed by atoms with E-state index in [-0.39, 0.29) is 43.3 Å². The second kappa shape index (κ2) is 11.4. The number of sulfonamides is 1. The molecule has 0 unspecified atom stereocenters. The summed E-state index contributed by atoms with van der Waals surface area (Å²) in [4.78, 5) is 26.6. The van der Waals surface area contributed by atoms with E-state index in [0.717, 1.165) is 6.26 Å². The minimum atomic E-state index is -3.65. The maximum absolute atomic E-state index is 14.2. The Balaban J connectivity index is 1.73. The van der Waals surface area contributed by atoms with Gasteiger partial charge in [-0.2, -0.15) is 0 Å². The molecule has 3 rings (SSSR count). The minimum absolute atomic E-state index is 0.0338. The maximum Gasteiger partial charge on any atom is 0.242 e. The highest BCUT2D eigenvalue weighted by Crippen LogP contribution is 2.34. The van der Waals surface area contributed by atoms with Crippen LogP contribution in [-0.4, -0.2) is 64.2 Å². The quantitative estimate of drug-likeness (QED) is 0.529. The van der Waals surface area contributed by atoms with Crippen LogP contribution >= 0.6 is 0 Å². The molecule has 1 N–H and O–H groups in total. The number of likely N-dealkylation sites (N-methyl/N-ethyl adjacent to an activating group) is 1. The Morgan fingerprint density at radius 2 is 1.80 bits per heavy atom. The van der Waals surface area contributed by atoms with Crippen molar-refractivity contribution in [2.24, 2.45) is 0 Å². The summed E-state index contributed by atoms with van der Waals surface area (Å²) in [5.74, 6) is -0.260. The molecule has 1 atom stereocenters. The van der Waals surface area contributed by atoms with Crippen molar-refractivity contribution in [3.05, 3.63) is 53.8 Å². The molecular weight excluding hydrogens is 477 g/mol. The van der Waals surface area contributed by atoms with Crippen molar-refractivity contribution in [2.45, 2.75) is 32.4 Å². The fourth-order valence-corrected chi connectivity index (χ4v) is 4.75. The van der Waals surface area contributed by atoms with Crippen molar-refractivity contribution >= 4 is 27.5 Å². The molecule has 1 heterocycles. The molecule has 190 valence electrons. The molecule has 0 spiro atoms. The molecule has 35 heavy (non-hydrogen) atoms. The van der Waals surface area contributed by atoms with Crippen molar-refractivity contribution in [1.82, 2.24) is 10.2 Å². The number of hydrogen-bond donors (Lipinski definition) is 1. The number of carbonyl (C=O) groups excluding carboxylic acids is 2. The van der Waals surface area contributed by atoms with Crippen molar-refractivity contribution in [3.8, 4) is 11.5 Å². The highest BCUT2D eigenvalue weighted by molar-refractivity contribution is 7.92. The predicted molar refractivity (Wildman–Crippen MR) is 129 cm³/mol. The summed E-state index contributed by atoms with van der Waals surface area (Å²) in [5, 5.41) is 2.50. The van der Waals surface area contributed by atoms with Crippen LogP contribution in [0.1, 0.15) is 25.3 Å². The zero-order valence-electron chi connectivity index (χ0n) is 20.0. The fraction of sp³-hybridized carbons (Fsp3) is 0.417. The summed E-state index contributed by atoms with van der Waals surface area (Å²) in [6.45, 7) is 2.30. The lowest BCUT2D eigenvalue weighted by Crippen LogP contribution is -2.47. The van der Waals surface area contributed by atoms with Crippen molar-refractivity contribution in [3.63, 3.8) is 0 Å². The van der Waals surface area contributed by atoms with Crippen LogP contribution in [-0.2, 0) is 26.2 Å². The second-order valence-corrected chi connectivity index (χ2v) is 10.1. The summed E-state index contributed by atoms with van der Waals surface area (Å²) >= 11 is 0. The van der Waals surface area contributed by atoms with Gasteiger partial charge in [0.1, 0.15) is 25.1 Å². The molecule has 0 saturated carbocycles. The van der Waals surface area contributed by atoms with E-state index >= 15 is 0 Å². The molecule has 1 aliphatic heterocycles. The van der Waals surface area contributed by atoms with Crippen LogP contribution in [0.5, 0.6) is 11.5 Å². The number of nitrogens with one attached hydrogen (secondary N) is 1. The van der Waals surface area contributed by atoms with Gasteiger partial charge in [-0.25, -0.2) is 12.8 Å². The third-order valence-corrected chi connectivity index (χ3v) is 6.87. The van der Waals surface area contributed by atoms with Crippen LogP contribution < -0.4 is 19.1 Å². The monoisotopic (exact) mass is 507 g/mol. The van der Waals surface area contributed by atoms with Gasteiger partial charge in [-0.05, 0) is 31.5 Å². The number of hydrogen-bond acceptors (Lipinski definition) is 6. The molecule has 0 aromatic heterocycles. The van der Waals surface area contributed by atoms with Crippen molar-refractivity contribution in [1.29, 1.82) is 0 Å². The summed E-state index contributed by atoms with van der Waals surface area (Å²) in [7, 11) is -2.19. The van der Waals surface area contributed by atoms with E-state index in [1.165, 1.54) is 22.3 Å². The van der Waals surface area contributed by atoms with Gasteiger partial charge in [0, 0.05) is 38.2 Å². The highest BCUT2D eigenvalue weighted by atomic mass is 32.2. The predicted octanol–water partition coefficient (Wildman–Crippen LogP) is 2.31. The molecule has 9 nitrogen and oxygen atoms in total. The number of carbonyl (C=O) groups is 2. The van der Waals surface area contributed by atoms with Gasteiger partial charge in [-0.3, -0.25) is 13.9 Å². The molecule has 0 bridgehead atoms. The van der Waals surface area contributed by atoms with Crippen LogP contribution in [0.25, 0.3) is 0 Å². The molecule has 0 aliphatic carbocycles. The smallest absolute Gasteiger partial charge is 0.242 e. The topological polar surface area (TPSA) is 105 Å². The van der Waals surface area contributed by atoms with Crippen LogP contribution in [0.15, 0.2) is 42.5 Å². The zero-order chi connectivity index (χ0) is 25.6. The highest BCUT2D eigenvalue weighted by Gasteiger charge is 2.27. The average molecular weight is 508 g/mol. The van der Waals surface area contributed by atoms with E-state index in [2.05, 4.69) is 5.32 Å². The Morgan fingerprint density at radius 1 is 1.11 bits per heavy atom. The summed E-state index contributed by atoms with van der Waals surface area (Å²) in [5.41, 5.74) is 0.678. The summed E-state index contributed by atoms with van der Waals surface area (Å²) in [6, 6.07) is 10.1. The number of nitrogens with zero attached hydrogens (tertiary/aromatic N) is 2. The van der Waals surface area contributed by atoms with Gasteiger partial charge in [-0.1, -0.05) is 18.2 Å². The first-order chi connectivity index (χ1) is 16.6. The van der Waals surface area contributed by atoms with Crippen molar-refractivity contribution < 1.29 is 31.9 Å². The Bertz CT molecular complexity index is 1170. The molecule has 0 fully saturated rings. The molecule has 2 amide bonds. The number of ether oxygens (including phenoxy) is 2. The van der Waals surface area contributed by atoms with Crippen molar-refractivity contribution in [2.75, 3.05) is 37.4 Å². The van der Waals surface area contributed by atoms with Gasteiger partial charge in [-0.15, -0.1) is 0 Å². The summed E-state index contributed by atoms with van der Waals surface area (Å²) < 4.78 is 51.4. The first-order valence-electron chi connectivity index (χ1n) is 11.2. The standard InChI is InChI=1S/C24H30FN3O6S/c1-17(24(30)26-2)27(16-18-7-4-5-8-20(18)25)23(29)9-6-12-28(35(3,31)32)19-10-11-21-22(15-19)34-14-13-33-21/h4-5,7-8,10-11,15,17H,6,9,12-14,16H2,1-3H3,(H,26,30)/t17-/m1/s1. The zero-order valence-corrected chi connectivity index (χ0v) is 20.8. The van der Waals surface area contributed by atoms with E-state index < -0.39 is 21.9 Å². The third-order valence-electron chi connectivity index (χ3n) is 5.68. The number of halogens is 1. The maximum atomic E-state index is 14.2. The van der Waals surface area contributed by atoms with Gasteiger partial charge in [0.05, 0.1) is 11.9 Å². The normalized spacial score (nSPS) is 13.6. The largest absolute Gasteiger partial charge is 0.486 e. The van der Waals surface area contributed by atoms with E-state index in [1.54, 1.807) is 43.3 Å². The molecular formula is C24H30FN3O6S. The Kier molecular flexibility index (Phi) is 8.55. The Labute approximate surface area is 204 Å². The number of benzene rings is 2. The first-order valence-corrected chi connectivity index (χ1v) is 13.1. The number of fused-ring (bicyclic) bond motifs is 1. The van der Waals surface area contributed by atoms with Gasteiger partial charge >= 0.3 is 0 Å². The Hall–Kier alpha value is -3.34. The SMILES string of the molecule is CNC(=O)[C@@H](C)N(Cc1ccccc1F)C(=O)CCCN(c1ccc2c(c1)OCCO2)S(C)(=O)=O. The van der Waals surface area contributed by atoms with Gasteiger partial charge in [0.15, 0.2) is 11.5 Å². The molecule has 2 aromatic rings. The van der Waals surface area contributed by atoms with Gasteiger partial charge in [0.25, 0.3) is 0 Å². The van der Waals surface area contributed by atoms with E-state index in [9.17, 15) is 22.4 Å². The van der Waals surface area contributed by atoms with Crippen LogP contribution in [0, 0.1) is 5.82 Å². The lowest BCUT2D eigenvalue weighted by atomic mass is 10.1. The first kappa shape index (κ1) is 26.3.